The second kappa shape index (κ2) is 37.7. The number of amidine groups is 3. The number of rotatable bonds is 21. The summed E-state index contributed by atoms with van der Waals surface area (Å²) < 4.78 is 89.5. The molecule has 6 aliphatic rings. The molecule has 0 radical (unpaired) electrons. The molecular weight excluding hydrogens is 1630 g/mol. The maximum atomic E-state index is 14.7. The van der Waals surface area contributed by atoms with Gasteiger partial charge in [-0.25, -0.2) is 80.8 Å². The minimum absolute atomic E-state index is 0.00637. The number of aromatic nitrogens is 9. The Balaban J connectivity index is 0.000000155. The van der Waals surface area contributed by atoms with E-state index in [-0.39, 0.29) is 82.8 Å². The van der Waals surface area contributed by atoms with Crippen LogP contribution < -0.4 is 25.8 Å². The smallest absolute Gasteiger partial charge is 0.354 e. The van der Waals surface area contributed by atoms with E-state index in [0.29, 0.717) is 172 Å². The van der Waals surface area contributed by atoms with Gasteiger partial charge in [-0.05, 0) is 132 Å². The van der Waals surface area contributed by atoms with Crippen LogP contribution in [0.4, 0.5) is 33.8 Å². The number of methoxy groups -OCH3 is 1. The lowest BCUT2D eigenvalue weighted by molar-refractivity contribution is -0.140. The molecule has 3 fully saturated rings. The molecule has 0 bridgehead atoms. The number of anilines is 2. The van der Waals surface area contributed by atoms with E-state index in [4.69, 9.17) is 40.9 Å². The van der Waals surface area contributed by atoms with E-state index in [9.17, 15) is 60.9 Å². The first-order chi connectivity index (χ1) is 57.3. The highest BCUT2D eigenvalue weighted by Crippen LogP contribution is 2.46. The Hall–Kier alpha value is -12.1. The Kier molecular flexibility index (Phi) is 26.8. The second-order valence-corrected chi connectivity index (χ2v) is 31.3. The van der Waals surface area contributed by atoms with Crippen molar-refractivity contribution < 1.29 is 80.2 Å². The molecule has 6 N–H and O–H groups in total. The lowest BCUT2D eigenvalue weighted by Gasteiger charge is -2.36. The van der Waals surface area contributed by atoms with Crippen molar-refractivity contribution in [2.24, 2.45) is 32.7 Å². The van der Waals surface area contributed by atoms with Crippen molar-refractivity contribution in [3.63, 3.8) is 0 Å². The molecule has 15 rings (SSSR count). The molecule has 9 aromatic rings. The van der Waals surface area contributed by atoms with E-state index in [1.807, 2.05) is 15.2 Å². The summed E-state index contributed by atoms with van der Waals surface area (Å²) in [5.41, 5.74) is 5.31. The van der Waals surface area contributed by atoms with Crippen molar-refractivity contribution in [3.8, 4) is 0 Å². The average Bonchev–Trinajstić information content (AvgIpc) is 0.901. The number of esters is 3. The van der Waals surface area contributed by atoms with Crippen LogP contribution in [0, 0.1) is 67.6 Å². The molecule has 620 valence electrons. The van der Waals surface area contributed by atoms with Crippen molar-refractivity contribution in [1.82, 2.24) is 60.6 Å². The average molecular weight is 1710 g/mol. The topological polar surface area (TPSA) is 378 Å². The van der Waals surface area contributed by atoms with E-state index in [1.165, 1.54) is 97.2 Å². The number of piperidine rings is 2. The van der Waals surface area contributed by atoms with E-state index >= 15 is 0 Å². The number of carbonyl (C=O) groups is 6. The Labute approximate surface area is 694 Å². The molecule has 2 saturated heterocycles. The number of nitrogens with one attached hydrogen (secondary N) is 3. The molecule has 5 aliphatic heterocycles. The predicted molar refractivity (Wildman–Crippen MR) is 431 cm³/mol. The van der Waals surface area contributed by atoms with Gasteiger partial charge >= 0.3 is 35.8 Å². The molecule has 3 unspecified atom stereocenters. The number of carboxylic acid groups (broad SMARTS) is 3. The normalized spacial score (nSPS) is 19.0. The van der Waals surface area contributed by atoms with Gasteiger partial charge in [0.1, 0.15) is 23.9 Å². The van der Waals surface area contributed by atoms with E-state index in [0.717, 1.165) is 12.1 Å². The van der Waals surface area contributed by atoms with Gasteiger partial charge in [0.15, 0.2) is 61.5 Å². The molecule has 0 amide bonds. The van der Waals surface area contributed by atoms with Gasteiger partial charge < -0.3 is 55.3 Å². The summed E-state index contributed by atoms with van der Waals surface area (Å²) >= 11 is 10.4. The van der Waals surface area contributed by atoms with Crippen LogP contribution in [-0.4, -0.2) is 160 Å². The number of nitrogens with zero attached hydrogens (tertiary/aromatic N) is 14. The van der Waals surface area contributed by atoms with Gasteiger partial charge in [0.25, 0.3) is 0 Å². The molecule has 0 spiro atoms. The molecule has 11 heterocycles. The van der Waals surface area contributed by atoms with E-state index < -0.39 is 82.2 Å². The number of hydrogen-bond donors (Lipinski definition) is 6. The number of thiazole rings is 3. The summed E-state index contributed by atoms with van der Waals surface area (Å²) in [5.74, 6) is -7.65. The van der Waals surface area contributed by atoms with Gasteiger partial charge in [-0.1, -0.05) is 35.9 Å². The fourth-order valence-corrected chi connectivity index (χ4v) is 17.1. The molecule has 38 heteroatoms. The van der Waals surface area contributed by atoms with Crippen LogP contribution in [0.2, 0.25) is 5.02 Å². The van der Waals surface area contributed by atoms with Gasteiger partial charge in [-0.15, -0.1) is 34.0 Å². The fourth-order valence-electron chi connectivity index (χ4n) is 15.1. The molecule has 3 atom stereocenters. The lowest BCUT2D eigenvalue weighted by atomic mass is 9.80. The van der Waals surface area contributed by atoms with Gasteiger partial charge in [0, 0.05) is 131 Å². The van der Waals surface area contributed by atoms with E-state index in [1.54, 1.807) is 73.9 Å². The zero-order valence-electron chi connectivity index (χ0n) is 64.8. The Morgan fingerprint density at radius 1 is 0.529 bits per heavy atom. The first kappa shape index (κ1) is 84.8. The molecule has 1 saturated carbocycles. The van der Waals surface area contributed by atoms with Gasteiger partial charge in [-0.3, -0.25) is 24.5 Å². The van der Waals surface area contributed by atoms with Crippen molar-refractivity contribution in [3.05, 3.63) is 241 Å². The van der Waals surface area contributed by atoms with Crippen LogP contribution in [0.15, 0.2) is 157 Å². The Morgan fingerprint density at radius 2 is 0.992 bits per heavy atom. The third kappa shape index (κ3) is 18.8. The van der Waals surface area contributed by atoms with Crippen LogP contribution in [-0.2, 0) is 39.8 Å². The number of allylic oxidation sites excluding steroid dienone is 3. The minimum atomic E-state index is -1.22. The predicted octanol–water partition coefficient (Wildman–Crippen LogP) is 13.1. The largest absolute Gasteiger partial charge is 0.481 e. The number of aliphatic carboxylic acids is 1. The zero-order valence-corrected chi connectivity index (χ0v) is 68.0. The van der Waals surface area contributed by atoms with Crippen LogP contribution in [0.25, 0.3) is 0 Å². The molecule has 119 heavy (non-hydrogen) atoms. The number of aromatic carboxylic acids is 2. The SMILES string of the molecule is CCOC(=O)C1=C(C2CCC(n3cc(C(=O)O)cn3)CC2)NC(c2nccs2)=NC1c1ccc(F)c(F)c1Cl.CCOC(=O)C1=C(C2CCN(c3ncc(C)c(C(=O)O)n3)CC2)NC(c2nccs2)=NC1c1cccc(F)c1C.COC(=O)C1=C(C2CCN(c3ncc(CC(=O)O)cn3)CC2)NC(c2nccs2)=NC1c1ccc(F)c(F)c1C. The number of aliphatic imine (C=N–C) groups is 3. The lowest BCUT2D eigenvalue weighted by Crippen LogP contribution is -2.42. The number of ether oxygens (including phenoxy) is 3. The van der Waals surface area contributed by atoms with Crippen molar-refractivity contribution >= 4 is 111 Å². The summed E-state index contributed by atoms with van der Waals surface area (Å²) in [6.07, 6.45) is 17.3. The third-order valence-electron chi connectivity index (χ3n) is 21.1. The van der Waals surface area contributed by atoms with Crippen LogP contribution in [0.1, 0.15) is 164 Å². The van der Waals surface area contributed by atoms with Crippen LogP contribution in [0.5, 0.6) is 0 Å². The minimum Gasteiger partial charge on any atom is -0.481 e. The fraction of sp³-hybridized carbons (Fsp3) is 0.346. The van der Waals surface area contributed by atoms with E-state index in [2.05, 4.69) is 60.9 Å². The van der Waals surface area contributed by atoms with Crippen LogP contribution in [0.3, 0.4) is 0 Å². The number of halogens is 6. The highest BCUT2D eigenvalue weighted by Gasteiger charge is 2.43. The Bertz CT molecular complexity index is 5510. The first-order valence-corrected chi connectivity index (χ1v) is 40.9. The Morgan fingerprint density at radius 3 is 1.45 bits per heavy atom. The molecule has 1 aliphatic carbocycles. The molecule has 3 aromatic carbocycles. The molecular formula is C81H79ClF5N17O12S3. The van der Waals surface area contributed by atoms with Crippen molar-refractivity contribution in [2.75, 3.05) is 56.3 Å². The number of aryl methyl sites for hydroxylation is 1. The first-order valence-electron chi connectivity index (χ1n) is 37.9. The highest BCUT2D eigenvalue weighted by atomic mass is 35.5. The maximum Gasteiger partial charge on any atom is 0.354 e. The highest BCUT2D eigenvalue weighted by molar-refractivity contribution is 7.12. The summed E-state index contributed by atoms with van der Waals surface area (Å²) in [6, 6.07) is 6.79. The monoisotopic (exact) mass is 1710 g/mol. The van der Waals surface area contributed by atoms with Crippen LogP contribution >= 0.6 is 45.6 Å². The van der Waals surface area contributed by atoms with Gasteiger partial charge in [0.2, 0.25) is 11.9 Å². The maximum absolute atomic E-state index is 14.7. The summed E-state index contributed by atoms with van der Waals surface area (Å²) in [7, 11) is 1.27. The number of hydrogen-bond acceptors (Lipinski definition) is 28. The van der Waals surface area contributed by atoms with Gasteiger partial charge in [-0.2, -0.15) is 5.10 Å². The standard InChI is InChI=1S/C28H29FN6O4S.C27H26F2N6O4S.C26H24ClF2N5O4S/c1-4-39-27(38)20-22(17-8-11-35(12-9-17)28-31-14-15(2)21(34-28)26(36)37)32-24(25-30-10-13-40-25)33-23(20)18-6-5-7-19(29)16(18)3;1-14-17(3-4-18(28)21(14)29)23-20(26(38)39-2)22(33-24(34-23)25-30-7-10-40-25)16-5-8-35(9-6-16)27-31-12-15(13-32-27)11-19(36)37;1-2-38-26(37)18-21(13-3-5-15(6-4-13)34-12-14(11-31-34)25(35)36)32-23(24-30-9-10-39-24)33-22(18)16-7-8-17(28)20(29)19(16)27/h5-7,10,13-14,17,23H,4,8-9,11-12H2,1-3H3,(H,32,33)(H,36,37);3-4,7,10,12-13,16,23H,5-6,8-9,11H2,1-2H3,(H,33,34)(H,36,37);7-13,15,22H,2-6H2,1H3,(H,32,33)(H,35,36). The number of benzene rings is 3. The second-order valence-electron chi connectivity index (χ2n) is 28.2. The quantitative estimate of drug-likeness (QED) is 0.0168. The summed E-state index contributed by atoms with van der Waals surface area (Å²) in [4.78, 5) is 122. The van der Waals surface area contributed by atoms with Crippen molar-refractivity contribution in [1.29, 1.82) is 0 Å². The number of carboxylic acids is 3. The van der Waals surface area contributed by atoms with Gasteiger partial charge in [0.05, 0.1) is 66.3 Å². The third-order valence-corrected chi connectivity index (χ3v) is 23.8. The zero-order chi connectivity index (χ0) is 84.5. The summed E-state index contributed by atoms with van der Waals surface area (Å²) in [5, 5.41) is 48.7. The summed E-state index contributed by atoms with van der Waals surface area (Å²) in [6.45, 7) is 10.7. The molecule has 29 nitrogen and oxygen atoms in total. The molecule has 6 aromatic heterocycles. The number of carbonyl (C=O) groups excluding carboxylic acids is 3. The van der Waals surface area contributed by atoms with Crippen molar-refractivity contribution in [2.45, 2.75) is 117 Å².